The van der Waals surface area contributed by atoms with E-state index in [1.54, 1.807) is 20.8 Å². The summed E-state index contributed by atoms with van der Waals surface area (Å²) in [4.78, 5) is 65.5. The third-order valence-corrected chi connectivity index (χ3v) is 6.52. The van der Waals surface area contributed by atoms with Gasteiger partial charge in [0.1, 0.15) is 24.2 Å². The average Bonchev–Trinajstić information content (AvgIpc) is 3.31. The van der Waals surface area contributed by atoms with Crippen molar-refractivity contribution < 1.29 is 28.7 Å². The Morgan fingerprint density at radius 3 is 1.77 bits per heavy atom. The molecular weight excluding hydrogens is 596 g/mol. The van der Waals surface area contributed by atoms with E-state index in [0.29, 0.717) is 24.8 Å². The van der Waals surface area contributed by atoms with Gasteiger partial charge in [-0.3, -0.25) is 19.2 Å². The highest BCUT2D eigenvalue weighted by Gasteiger charge is 2.44. The number of urea groups is 1. The summed E-state index contributed by atoms with van der Waals surface area (Å²) in [7, 11) is 0. The van der Waals surface area contributed by atoms with Gasteiger partial charge in [-0.05, 0) is 63.2 Å². The van der Waals surface area contributed by atoms with Crippen LogP contribution in [0.3, 0.4) is 0 Å². The highest BCUT2D eigenvalue weighted by atomic mass is 16.6. The van der Waals surface area contributed by atoms with Crippen LogP contribution < -0.4 is 16.0 Å². The zero-order chi connectivity index (χ0) is 37.9. The first-order valence-corrected chi connectivity index (χ1v) is 17.7. The van der Waals surface area contributed by atoms with Crippen molar-refractivity contribution >= 4 is 29.6 Å². The predicted octanol–water partition coefficient (Wildman–Crippen LogP) is 7.28. The number of carbonyl (C=O) groups excluding carboxylic acids is 5. The Kier molecular flexibility index (Phi) is 23.7. The number of Topliss-reactive ketones (excluding diaryl/α,β-unsaturated/α-hetero) is 1. The first-order chi connectivity index (χ1) is 21.4. The molecule has 1 saturated heterocycles. The van der Waals surface area contributed by atoms with Crippen LogP contribution in [0, 0.1) is 22.7 Å². The summed E-state index contributed by atoms with van der Waals surface area (Å²) in [6.07, 6.45) is 2.97. The zero-order valence-electron chi connectivity index (χ0n) is 33.5. The maximum atomic E-state index is 13.7. The molecule has 47 heavy (non-hydrogen) atoms. The van der Waals surface area contributed by atoms with Gasteiger partial charge in [-0.1, -0.05) is 110 Å². The van der Waals surface area contributed by atoms with Crippen LogP contribution in [-0.4, -0.2) is 71.3 Å². The molecule has 0 bridgehead atoms. The summed E-state index contributed by atoms with van der Waals surface area (Å²) in [5.74, 6) is -1.08. The molecule has 10 heteroatoms. The molecule has 0 aromatic carbocycles. The Balaban J connectivity index is -0.00000192. The molecule has 0 radical (unpaired) electrons. The van der Waals surface area contributed by atoms with E-state index in [4.69, 9.17) is 4.74 Å². The molecule has 0 aromatic heterocycles. The molecule has 278 valence electrons. The number of ether oxygens (including phenoxy) is 1. The Morgan fingerprint density at radius 1 is 0.872 bits per heavy atom. The molecule has 1 fully saturated rings. The van der Waals surface area contributed by atoms with Crippen molar-refractivity contribution in [2.24, 2.45) is 22.7 Å². The Bertz CT molecular complexity index is 940. The minimum atomic E-state index is -0.949. The topological polar surface area (TPSA) is 134 Å². The second-order valence-electron chi connectivity index (χ2n) is 15.9. The number of hydrogen-bond acceptors (Lipinski definition) is 6. The zero-order valence-corrected chi connectivity index (χ0v) is 33.5. The van der Waals surface area contributed by atoms with Gasteiger partial charge < -0.3 is 25.6 Å². The van der Waals surface area contributed by atoms with Crippen LogP contribution in [0.15, 0.2) is 0 Å². The van der Waals surface area contributed by atoms with Crippen LogP contribution in [0.2, 0.25) is 0 Å². The standard InChI is InChI=1S/C28H50N4O6.C5H12.2C2H6/c1-11-12-17(2)13-20(19(4)33)30-24(35)21-14-18(3)16-32(21)25(36)23(27(5,6)7)31-26(37)29-15-22(34)38-28(8,9)10;1-5(2,3)4;2*1-2/h17-18,20-21,23H,11-16H2,1-10H3,(H,30,35)(H2,29,31,37);1-4H3;2*1-2H3. The second kappa shape index (κ2) is 22.8. The molecule has 0 saturated carbocycles. The van der Waals surface area contributed by atoms with Crippen LogP contribution in [0.25, 0.3) is 0 Å². The minimum Gasteiger partial charge on any atom is -0.459 e. The molecule has 1 rings (SSSR count). The van der Waals surface area contributed by atoms with Crippen LogP contribution >= 0.6 is 0 Å². The van der Waals surface area contributed by atoms with Gasteiger partial charge in [-0.25, -0.2) is 4.79 Å². The van der Waals surface area contributed by atoms with E-state index in [2.05, 4.69) is 57.5 Å². The molecule has 3 N–H and O–H groups in total. The van der Waals surface area contributed by atoms with E-state index >= 15 is 0 Å². The van der Waals surface area contributed by atoms with E-state index in [1.807, 2.05) is 55.4 Å². The van der Waals surface area contributed by atoms with E-state index in [9.17, 15) is 24.0 Å². The summed E-state index contributed by atoms with van der Waals surface area (Å²) in [5.41, 5.74) is -0.860. The van der Waals surface area contributed by atoms with Crippen molar-refractivity contribution in [1.29, 1.82) is 0 Å². The third kappa shape index (κ3) is 23.3. The number of rotatable bonds is 11. The fraction of sp³-hybridized carbons (Fsp3) is 0.865. The predicted molar refractivity (Wildman–Crippen MR) is 194 cm³/mol. The smallest absolute Gasteiger partial charge is 0.325 e. The van der Waals surface area contributed by atoms with Crippen molar-refractivity contribution in [3.05, 3.63) is 0 Å². The van der Waals surface area contributed by atoms with E-state index in [1.165, 1.54) is 11.8 Å². The van der Waals surface area contributed by atoms with Crippen molar-refractivity contribution in [3.63, 3.8) is 0 Å². The number of amides is 4. The molecular formula is C37H74N4O6. The summed E-state index contributed by atoms with van der Waals surface area (Å²) >= 11 is 0. The Labute approximate surface area is 288 Å². The number of hydrogen-bond donors (Lipinski definition) is 3. The van der Waals surface area contributed by atoms with Gasteiger partial charge in [0.25, 0.3) is 0 Å². The van der Waals surface area contributed by atoms with Crippen molar-refractivity contribution in [3.8, 4) is 0 Å². The van der Waals surface area contributed by atoms with Crippen LogP contribution in [0.4, 0.5) is 4.79 Å². The van der Waals surface area contributed by atoms with E-state index in [-0.39, 0.29) is 36.0 Å². The van der Waals surface area contributed by atoms with Gasteiger partial charge in [0, 0.05) is 6.54 Å². The summed E-state index contributed by atoms with van der Waals surface area (Å²) < 4.78 is 5.20. The highest BCUT2D eigenvalue weighted by molar-refractivity contribution is 5.95. The summed E-state index contributed by atoms with van der Waals surface area (Å²) in [5, 5.41) is 8.03. The molecule has 10 nitrogen and oxygen atoms in total. The number of nitrogens with one attached hydrogen (secondary N) is 3. The average molecular weight is 671 g/mol. The van der Waals surface area contributed by atoms with Gasteiger partial charge in [0.2, 0.25) is 11.8 Å². The van der Waals surface area contributed by atoms with Gasteiger partial charge in [0.15, 0.2) is 5.78 Å². The van der Waals surface area contributed by atoms with Crippen molar-refractivity contribution in [2.75, 3.05) is 13.1 Å². The minimum absolute atomic E-state index is 0.0751. The van der Waals surface area contributed by atoms with Gasteiger partial charge in [-0.2, -0.15) is 0 Å². The molecule has 1 aliphatic heterocycles. The molecule has 5 unspecified atom stereocenters. The monoisotopic (exact) mass is 671 g/mol. The van der Waals surface area contributed by atoms with E-state index in [0.717, 1.165) is 12.8 Å². The lowest BCUT2D eigenvalue weighted by molar-refractivity contribution is -0.153. The summed E-state index contributed by atoms with van der Waals surface area (Å²) in [6.45, 7) is 35.0. The molecule has 1 aliphatic rings. The fourth-order valence-electron chi connectivity index (χ4n) is 4.67. The van der Waals surface area contributed by atoms with Gasteiger partial charge in [-0.15, -0.1) is 0 Å². The van der Waals surface area contributed by atoms with Crippen LogP contribution in [-0.2, 0) is 23.9 Å². The van der Waals surface area contributed by atoms with Crippen molar-refractivity contribution in [1.82, 2.24) is 20.9 Å². The Morgan fingerprint density at radius 2 is 1.36 bits per heavy atom. The SMILES string of the molecule is CC.CC.CC(C)(C)C.CCCC(C)CC(NC(=O)C1CC(C)CN1C(=O)C(NC(=O)NCC(=O)OC(C)(C)C)C(C)(C)C)C(C)=O. The van der Waals surface area contributed by atoms with Gasteiger partial charge in [0.05, 0.1) is 6.04 Å². The highest BCUT2D eigenvalue weighted by Crippen LogP contribution is 2.28. The van der Waals surface area contributed by atoms with Gasteiger partial charge >= 0.3 is 12.0 Å². The number of ketones is 1. The molecule has 0 aromatic rings. The maximum absolute atomic E-state index is 13.7. The first kappa shape index (κ1) is 48.7. The van der Waals surface area contributed by atoms with E-state index < -0.39 is 41.1 Å². The Hall–Kier alpha value is -2.65. The lowest BCUT2D eigenvalue weighted by Gasteiger charge is -2.35. The quantitative estimate of drug-likeness (QED) is 0.198. The molecule has 0 aliphatic carbocycles. The molecule has 4 amide bonds. The molecule has 5 atom stereocenters. The second-order valence-corrected chi connectivity index (χ2v) is 15.9. The normalized spacial score (nSPS) is 17.9. The van der Waals surface area contributed by atoms with Crippen molar-refractivity contribution in [2.45, 2.75) is 174 Å². The molecule has 1 heterocycles. The number of nitrogens with zero attached hydrogens (tertiary/aromatic N) is 1. The lowest BCUT2D eigenvalue weighted by Crippen LogP contribution is -2.60. The maximum Gasteiger partial charge on any atom is 0.325 e. The molecule has 0 spiro atoms. The van der Waals surface area contributed by atoms with Crippen LogP contribution in [0.5, 0.6) is 0 Å². The lowest BCUT2D eigenvalue weighted by atomic mass is 9.85. The first-order valence-electron chi connectivity index (χ1n) is 17.7. The van der Waals surface area contributed by atoms with Crippen LogP contribution in [0.1, 0.15) is 150 Å². The largest absolute Gasteiger partial charge is 0.459 e. The number of esters is 1. The number of carbonyl (C=O) groups is 5. The fourth-order valence-corrected chi connectivity index (χ4v) is 4.67. The summed E-state index contributed by atoms with van der Waals surface area (Å²) in [6, 6.07) is -2.97. The third-order valence-electron chi connectivity index (χ3n) is 6.52. The number of likely N-dealkylation sites (tertiary alicyclic amines) is 1.